The number of benzene rings is 2. The molecule has 2 rings (SSSR count). The van der Waals surface area contributed by atoms with E-state index >= 15 is 0 Å². The molecule has 2 aromatic rings. The lowest BCUT2D eigenvalue weighted by Crippen LogP contribution is -2.07. The molecule has 21 heavy (non-hydrogen) atoms. The molecule has 0 radical (unpaired) electrons. The van der Waals surface area contributed by atoms with E-state index in [2.05, 4.69) is 72.3 Å². The number of hydrogen-bond donors (Lipinski definition) is 1. The van der Waals surface area contributed by atoms with Gasteiger partial charge in [0.1, 0.15) is 5.75 Å². The summed E-state index contributed by atoms with van der Waals surface area (Å²) in [5.74, 6) is 0.935. The fourth-order valence-corrected chi connectivity index (χ4v) is 2.73. The van der Waals surface area contributed by atoms with E-state index in [1.807, 2.05) is 12.1 Å². The number of nitrogens with one attached hydrogen (secondary N) is 1. The Hall–Kier alpha value is -1.48. The van der Waals surface area contributed by atoms with E-state index in [1.54, 1.807) is 0 Å². The van der Waals surface area contributed by atoms with Gasteiger partial charge in [-0.2, -0.15) is 0 Å². The van der Waals surface area contributed by atoms with Gasteiger partial charge in [-0.15, -0.1) is 0 Å². The molecule has 0 heterocycles. The summed E-state index contributed by atoms with van der Waals surface area (Å²) in [6, 6.07) is 14.9. The van der Waals surface area contributed by atoms with Gasteiger partial charge in [0.2, 0.25) is 0 Å². The maximum Gasteiger partial charge on any atom is 0.119 e. The molecular formula is C18H22BrNO. The molecule has 1 N–H and O–H groups in total. The third kappa shape index (κ3) is 4.50. The number of aryl methyl sites for hydroxylation is 1. The number of halogens is 1. The Bertz CT molecular complexity index is 580. The largest absolute Gasteiger partial charge is 0.494 e. The summed E-state index contributed by atoms with van der Waals surface area (Å²) in [5.41, 5.74) is 3.60. The van der Waals surface area contributed by atoms with Crippen molar-refractivity contribution in [3.63, 3.8) is 0 Å². The minimum atomic E-state index is 0.240. The number of rotatable bonds is 6. The van der Waals surface area contributed by atoms with Crippen LogP contribution in [0.4, 0.5) is 5.69 Å². The van der Waals surface area contributed by atoms with E-state index in [4.69, 9.17) is 4.74 Å². The van der Waals surface area contributed by atoms with E-state index in [1.165, 1.54) is 11.1 Å². The molecule has 0 aromatic heterocycles. The van der Waals surface area contributed by atoms with Crippen molar-refractivity contribution in [3.05, 3.63) is 58.1 Å². The summed E-state index contributed by atoms with van der Waals surface area (Å²) < 4.78 is 6.71. The summed E-state index contributed by atoms with van der Waals surface area (Å²) in [5, 5.41) is 3.53. The van der Waals surface area contributed by atoms with Gasteiger partial charge in [0.15, 0.2) is 0 Å². The van der Waals surface area contributed by atoms with E-state index in [9.17, 15) is 0 Å². The quantitative estimate of drug-likeness (QED) is 0.721. The van der Waals surface area contributed by atoms with Crippen molar-refractivity contribution < 1.29 is 4.74 Å². The standard InChI is InChI=1S/C18H22BrNO/c1-4-11-21-16-8-6-15(7-9-16)14(3)20-18-10-5-13(2)12-17(18)19/h5-10,12,14,20H,4,11H2,1-3H3. The van der Waals surface area contributed by atoms with Gasteiger partial charge < -0.3 is 10.1 Å². The first-order valence-corrected chi connectivity index (χ1v) is 8.15. The zero-order valence-electron chi connectivity index (χ0n) is 12.8. The predicted molar refractivity (Wildman–Crippen MR) is 93.1 cm³/mol. The van der Waals surface area contributed by atoms with E-state index < -0.39 is 0 Å². The molecule has 112 valence electrons. The molecule has 0 saturated heterocycles. The van der Waals surface area contributed by atoms with Crippen LogP contribution in [0.3, 0.4) is 0 Å². The Morgan fingerprint density at radius 3 is 2.48 bits per heavy atom. The first-order chi connectivity index (χ1) is 10.1. The zero-order chi connectivity index (χ0) is 15.2. The van der Waals surface area contributed by atoms with Crippen LogP contribution in [0.1, 0.15) is 37.4 Å². The highest BCUT2D eigenvalue weighted by molar-refractivity contribution is 9.10. The molecule has 0 saturated carbocycles. The van der Waals surface area contributed by atoms with Crippen molar-refractivity contribution in [2.45, 2.75) is 33.2 Å². The van der Waals surface area contributed by atoms with Crippen LogP contribution in [-0.4, -0.2) is 6.61 Å². The maximum atomic E-state index is 5.61. The second kappa shape index (κ2) is 7.51. The zero-order valence-corrected chi connectivity index (χ0v) is 14.4. The molecule has 0 aliphatic rings. The lowest BCUT2D eigenvalue weighted by atomic mass is 10.1. The van der Waals surface area contributed by atoms with Crippen molar-refractivity contribution in [1.82, 2.24) is 0 Å². The minimum absolute atomic E-state index is 0.240. The number of hydrogen-bond acceptors (Lipinski definition) is 2. The molecular weight excluding hydrogens is 326 g/mol. The monoisotopic (exact) mass is 347 g/mol. The van der Waals surface area contributed by atoms with E-state index in [0.29, 0.717) is 0 Å². The maximum absolute atomic E-state index is 5.61. The van der Waals surface area contributed by atoms with Gasteiger partial charge in [-0.3, -0.25) is 0 Å². The molecule has 1 atom stereocenters. The highest BCUT2D eigenvalue weighted by Crippen LogP contribution is 2.28. The van der Waals surface area contributed by atoms with Gasteiger partial charge >= 0.3 is 0 Å². The Morgan fingerprint density at radius 2 is 1.86 bits per heavy atom. The Kier molecular flexibility index (Phi) is 5.68. The third-order valence-electron chi connectivity index (χ3n) is 3.35. The number of anilines is 1. The van der Waals surface area contributed by atoms with Crippen molar-refractivity contribution >= 4 is 21.6 Å². The molecule has 0 bridgehead atoms. The predicted octanol–water partition coefficient (Wildman–Crippen LogP) is 5.72. The van der Waals surface area contributed by atoms with Crippen LogP contribution in [0, 0.1) is 6.92 Å². The Labute approximate surface area is 135 Å². The molecule has 2 nitrogen and oxygen atoms in total. The summed E-state index contributed by atoms with van der Waals surface area (Å²) in [4.78, 5) is 0. The van der Waals surface area contributed by atoms with Crippen LogP contribution in [0.15, 0.2) is 46.9 Å². The van der Waals surface area contributed by atoms with Crippen LogP contribution in [0.25, 0.3) is 0 Å². The lowest BCUT2D eigenvalue weighted by molar-refractivity contribution is 0.317. The number of ether oxygens (including phenoxy) is 1. The Morgan fingerprint density at radius 1 is 1.14 bits per heavy atom. The normalized spacial score (nSPS) is 12.0. The average Bonchev–Trinajstić information content (AvgIpc) is 2.48. The highest BCUT2D eigenvalue weighted by Gasteiger charge is 2.08. The first-order valence-electron chi connectivity index (χ1n) is 7.35. The Balaban J connectivity index is 2.04. The summed E-state index contributed by atoms with van der Waals surface area (Å²) in [6.45, 7) is 7.13. The SMILES string of the molecule is CCCOc1ccc(C(C)Nc2ccc(C)cc2Br)cc1. The fourth-order valence-electron chi connectivity index (χ4n) is 2.13. The summed E-state index contributed by atoms with van der Waals surface area (Å²) in [7, 11) is 0. The van der Waals surface area contributed by atoms with E-state index in [-0.39, 0.29) is 6.04 Å². The van der Waals surface area contributed by atoms with Gasteiger partial charge in [0.05, 0.1) is 6.61 Å². The van der Waals surface area contributed by atoms with Crippen LogP contribution in [0.2, 0.25) is 0 Å². The molecule has 1 unspecified atom stereocenters. The molecule has 0 amide bonds. The van der Waals surface area contributed by atoms with Crippen molar-refractivity contribution in [2.24, 2.45) is 0 Å². The smallest absolute Gasteiger partial charge is 0.119 e. The first kappa shape index (κ1) is 15.9. The van der Waals surface area contributed by atoms with Crippen LogP contribution < -0.4 is 10.1 Å². The van der Waals surface area contributed by atoms with Gasteiger partial charge in [-0.1, -0.05) is 25.1 Å². The molecule has 0 fully saturated rings. The minimum Gasteiger partial charge on any atom is -0.494 e. The van der Waals surface area contributed by atoms with Crippen LogP contribution in [0.5, 0.6) is 5.75 Å². The average molecular weight is 348 g/mol. The van der Waals surface area contributed by atoms with Crippen LogP contribution >= 0.6 is 15.9 Å². The van der Waals surface area contributed by atoms with Gasteiger partial charge in [0, 0.05) is 16.2 Å². The molecule has 2 aromatic carbocycles. The molecule has 3 heteroatoms. The van der Waals surface area contributed by atoms with Gasteiger partial charge in [-0.05, 0) is 71.6 Å². The van der Waals surface area contributed by atoms with Gasteiger partial charge in [0.25, 0.3) is 0 Å². The summed E-state index contributed by atoms with van der Waals surface area (Å²) >= 11 is 3.61. The summed E-state index contributed by atoms with van der Waals surface area (Å²) in [6.07, 6.45) is 1.03. The van der Waals surface area contributed by atoms with Gasteiger partial charge in [-0.25, -0.2) is 0 Å². The van der Waals surface area contributed by atoms with Crippen molar-refractivity contribution in [3.8, 4) is 5.75 Å². The molecule has 0 aliphatic carbocycles. The van der Waals surface area contributed by atoms with E-state index in [0.717, 1.165) is 28.9 Å². The second-order valence-corrected chi connectivity index (χ2v) is 6.12. The lowest BCUT2D eigenvalue weighted by Gasteiger charge is -2.17. The highest BCUT2D eigenvalue weighted by atomic mass is 79.9. The molecule has 0 spiro atoms. The fraction of sp³-hybridized carbons (Fsp3) is 0.333. The molecule has 0 aliphatic heterocycles. The topological polar surface area (TPSA) is 21.3 Å². The van der Waals surface area contributed by atoms with Crippen LogP contribution in [-0.2, 0) is 0 Å². The van der Waals surface area contributed by atoms with Crippen molar-refractivity contribution in [1.29, 1.82) is 0 Å². The third-order valence-corrected chi connectivity index (χ3v) is 4.01. The van der Waals surface area contributed by atoms with Crippen molar-refractivity contribution in [2.75, 3.05) is 11.9 Å². The second-order valence-electron chi connectivity index (χ2n) is 5.27.